The Morgan fingerprint density at radius 1 is 1.50 bits per heavy atom. The number of piperidine rings is 1. The first-order chi connectivity index (χ1) is 5.79. The van der Waals surface area contributed by atoms with Crippen LogP contribution in [0.3, 0.4) is 0 Å². The van der Waals surface area contributed by atoms with Crippen molar-refractivity contribution in [2.24, 2.45) is 0 Å². The second-order valence-corrected chi connectivity index (χ2v) is 3.47. The van der Waals surface area contributed by atoms with E-state index in [1.807, 2.05) is 13.8 Å². The second kappa shape index (κ2) is 5.51. The van der Waals surface area contributed by atoms with E-state index in [0.29, 0.717) is 12.9 Å². The van der Waals surface area contributed by atoms with Gasteiger partial charge in [-0.3, -0.25) is 0 Å². The third-order valence-corrected chi connectivity index (χ3v) is 1.96. The van der Waals surface area contributed by atoms with Gasteiger partial charge in [0, 0.05) is 6.54 Å². The largest absolute Gasteiger partial charge is 0.353 e. The zero-order valence-corrected chi connectivity index (χ0v) is 8.01. The van der Waals surface area contributed by atoms with Crippen LogP contribution in [0.1, 0.15) is 26.7 Å². The maximum Gasteiger partial charge on any atom is 0.147 e. The molecule has 1 fully saturated rings. The van der Waals surface area contributed by atoms with Gasteiger partial charge in [0.15, 0.2) is 0 Å². The van der Waals surface area contributed by atoms with Crippen LogP contribution in [0.15, 0.2) is 0 Å². The molecule has 72 valence electrons. The molecular formula is C9H19NO2. The maximum absolute atomic E-state index is 5.51. The molecule has 1 saturated heterocycles. The maximum atomic E-state index is 5.51. The summed E-state index contributed by atoms with van der Waals surface area (Å²) in [4.78, 5) is 0. The Morgan fingerprint density at radius 3 is 2.92 bits per heavy atom. The van der Waals surface area contributed by atoms with Crippen LogP contribution in [0, 0.1) is 0 Å². The van der Waals surface area contributed by atoms with Crippen LogP contribution in [-0.2, 0) is 9.47 Å². The van der Waals surface area contributed by atoms with Crippen molar-refractivity contribution in [1.29, 1.82) is 0 Å². The molecule has 0 radical (unpaired) electrons. The zero-order chi connectivity index (χ0) is 8.81. The first-order valence-corrected chi connectivity index (χ1v) is 4.73. The van der Waals surface area contributed by atoms with Gasteiger partial charge in [0.2, 0.25) is 0 Å². The van der Waals surface area contributed by atoms with Gasteiger partial charge in [-0.25, -0.2) is 0 Å². The lowest BCUT2D eigenvalue weighted by atomic mass is 10.1. The fraction of sp³-hybridized carbons (Fsp3) is 1.00. The molecule has 1 heterocycles. The average Bonchev–Trinajstić information content (AvgIpc) is 2.05. The van der Waals surface area contributed by atoms with E-state index < -0.39 is 0 Å². The van der Waals surface area contributed by atoms with Crippen molar-refractivity contribution in [1.82, 2.24) is 5.32 Å². The Kier molecular flexibility index (Phi) is 4.58. The molecule has 0 aromatic carbocycles. The summed E-state index contributed by atoms with van der Waals surface area (Å²) < 4.78 is 10.8. The lowest BCUT2D eigenvalue weighted by Gasteiger charge is -2.23. The molecule has 1 atom stereocenters. The van der Waals surface area contributed by atoms with Gasteiger partial charge < -0.3 is 14.8 Å². The molecule has 0 aliphatic carbocycles. The van der Waals surface area contributed by atoms with Gasteiger partial charge in [-0.1, -0.05) is 0 Å². The van der Waals surface area contributed by atoms with Gasteiger partial charge >= 0.3 is 0 Å². The lowest BCUT2D eigenvalue weighted by molar-refractivity contribution is -0.113. The highest BCUT2D eigenvalue weighted by Crippen LogP contribution is 2.05. The van der Waals surface area contributed by atoms with Crippen molar-refractivity contribution in [3.63, 3.8) is 0 Å². The van der Waals surface area contributed by atoms with Crippen molar-refractivity contribution < 1.29 is 9.47 Å². The number of ether oxygens (including phenoxy) is 2. The standard InChI is InChI=1S/C9H19NO2/c1-8(2)11-7-12-9-4-3-5-10-6-9/h8-10H,3-7H2,1-2H3. The quantitative estimate of drug-likeness (QED) is 0.647. The van der Waals surface area contributed by atoms with E-state index in [-0.39, 0.29) is 6.10 Å². The van der Waals surface area contributed by atoms with E-state index in [1.54, 1.807) is 0 Å². The van der Waals surface area contributed by atoms with E-state index in [2.05, 4.69) is 5.32 Å². The lowest BCUT2D eigenvalue weighted by Crippen LogP contribution is -2.35. The van der Waals surface area contributed by atoms with Gasteiger partial charge in [-0.15, -0.1) is 0 Å². The van der Waals surface area contributed by atoms with Gasteiger partial charge in [0.25, 0.3) is 0 Å². The Bertz CT molecular complexity index is 111. The van der Waals surface area contributed by atoms with Crippen LogP contribution in [0.25, 0.3) is 0 Å². The van der Waals surface area contributed by atoms with Crippen LogP contribution >= 0.6 is 0 Å². The van der Waals surface area contributed by atoms with Gasteiger partial charge in [-0.05, 0) is 33.2 Å². The summed E-state index contributed by atoms with van der Waals surface area (Å²) in [5, 5.41) is 3.29. The second-order valence-electron chi connectivity index (χ2n) is 3.47. The summed E-state index contributed by atoms with van der Waals surface area (Å²) in [5.41, 5.74) is 0. The Balaban J connectivity index is 1.98. The zero-order valence-electron chi connectivity index (χ0n) is 8.01. The summed E-state index contributed by atoms with van der Waals surface area (Å²) in [6.07, 6.45) is 3.00. The number of rotatable bonds is 4. The van der Waals surface area contributed by atoms with Gasteiger partial charge in [-0.2, -0.15) is 0 Å². The van der Waals surface area contributed by atoms with E-state index in [1.165, 1.54) is 6.42 Å². The molecule has 0 spiro atoms. The molecule has 1 aliphatic heterocycles. The predicted molar refractivity (Wildman–Crippen MR) is 48.1 cm³/mol. The molecule has 0 bridgehead atoms. The highest BCUT2D eigenvalue weighted by molar-refractivity contribution is 4.67. The minimum Gasteiger partial charge on any atom is -0.353 e. The first-order valence-electron chi connectivity index (χ1n) is 4.73. The minimum absolute atomic E-state index is 0.265. The summed E-state index contributed by atoms with van der Waals surface area (Å²) in [5.74, 6) is 0. The molecule has 3 nitrogen and oxygen atoms in total. The van der Waals surface area contributed by atoms with Crippen LogP contribution in [0.5, 0.6) is 0 Å². The number of hydrogen-bond acceptors (Lipinski definition) is 3. The molecule has 1 rings (SSSR count). The van der Waals surface area contributed by atoms with Gasteiger partial charge in [0.05, 0.1) is 12.2 Å². The van der Waals surface area contributed by atoms with Crippen LogP contribution in [-0.4, -0.2) is 32.1 Å². The van der Waals surface area contributed by atoms with E-state index >= 15 is 0 Å². The summed E-state index contributed by atoms with van der Waals surface area (Å²) in [6, 6.07) is 0. The first kappa shape index (κ1) is 9.96. The summed E-state index contributed by atoms with van der Waals surface area (Å²) in [7, 11) is 0. The molecular weight excluding hydrogens is 154 g/mol. The third-order valence-electron chi connectivity index (χ3n) is 1.96. The molecule has 12 heavy (non-hydrogen) atoms. The normalized spacial score (nSPS) is 24.8. The van der Waals surface area contributed by atoms with Crippen LogP contribution in [0.4, 0.5) is 0 Å². The molecule has 0 aromatic rings. The highest BCUT2D eigenvalue weighted by atomic mass is 16.7. The number of nitrogens with one attached hydrogen (secondary N) is 1. The molecule has 0 amide bonds. The Labute approximate surface area is 74.4 Å². The average molecular weight is 173 g/mol. The SMILES string of the molecule is CC(C)OCOC1CCCNC1. The van der Waals surface area contributed by atoms with E-state index in [9.17, 15) is 0 Å². The topological polar surface area (TPSA) is 30.5 Å². The van der Waals surface area contributed by atoms with Crippen molar-refractivity contribution in [2.45, 2.75) is 38.9 Å². The van der Waals surface area contributed by atoms with Crippen molar-refractivity contribution in [3.05, 3.63) is 0 Å². The molecule has 1 aliphatic rings. The smallest absolute Gasteiger partial charge is 0.147 e. The summed E-state index contributed by atoms with van der Waals surface area (Å²) in [6.45, 7) is 6.57. The van der Waals surface area contributed by atoms with E-state index in [0.717, 1.165) is 19.5 Å². The van der Waals surface area contributed by atoms with Crippen molar-refractivity contribution >= 4 is 0 Å². The van der Waals surface area contributed by atoms with Gasteiger partial charge in [0.1, 0.15) is 6.79 Å². The Morgan fingerprint density at radius 2 is 2.33 bits per heavy atom. The van der Waals surface area contributed by atoms with Crippen molar-refractivity contribution in [3.8, 4) is 0 Å². The fourth-order valence-corrected chi connectivity index (χ4v) is 1.23. The van der Waals surface area contributed by atoms with Crippen LogP contribution in [0.2, 0.25) is 0 Å². The number of hydrogen-bond donors (Lipinski definition) is 1. The minimum atomic E-state index is 0.265. The molecule has 1 unspecified atom stereocenters. The molecule has 1 N–H and O–H groups in total. The monoisotopic (exact) mass is 173 g/mol. The van der Waals surface area contributed by atoms with Crippen molar-refractivity contribution in [2.75, 3.05) is 19.9 Å². The highest BCUT2D eigenvalue weighted by Gasteiger charge is 2.12. The Hall–Kier alpha value is -0.120. The fourth-order valence-electron chi connectivity index (χ4n) is 1.23. The molecule has 0 saturated carbocycles. The van der Waals surface area contributed by atoms with E-state index in [4.69, 9.17) is 9.47 Å². The summed E-state index contributed by atoms with van der Waals surface area (Å²) >= 11 is 0. The van der Waals surface area contributed by atoms with Crippen LogP contribution < -0.4 is 5.32 Å². The molecule has 0 aromatic heterocycles. The predicted octanol–water partition coefficient (Wildman–Crippen LogP) is 1.14. The molecule has 3 heteroatoms. The third kappa shape index (κ3) is 4.04.